The highest BCUT2D eigenvalue weighted by atomic mass is 16.5. The maximum absolute atomic E-state index is 11.5. The number of hydrogen-bond acceptors (Lipinski definition) is 3. The van der Waals surface area contributed by atoms with Crippen LogP contribution in [0.2, 0.25) is 0 Å². The predicted octanol–water partition coefficient (Wildman–Crippen LogP) is 0.624. The minimum Gasteiger partial charge on any atom is -0.385 e. The molecule has 0 bridgehead atoms. The summed E-state index contributed by atoms with van der Waals surface area (Å²) in [5.74, 6) is 0. The van der Waals surface area contributed by atoms with Crippen molar-refractivity contribution < 1.29 is 14.6 Å². The molecule has 16 heavy (non-hydrogen) atoms. The first-order valence-electron chi connectivity index (χ1n) is 5.63. The molecule has 0 aromatic rings. The molecule has 5 heteroatoms. The van der Waals surface area contributed by atoms with Gasteiger partial charge in [-0.05, 0) is 27.7 Å². The third-order valence-electron chi connectivity index (χ3n) is 2.70. The summed E-state index contributed by atoms with van der Waals surface area (Å²) in [6, 6.07) is -0.264. The van der Waals surface area contributed by atoms with E-state index in [2.05, 4.69) is 10.6 Å². The highest BCUT2D eigenvalue weighted by molar-refractivity contribution is 5.74. The lowest BCUT2D eigenvalue weighted by atomic mass is 9.97. The molecule has 2 atom stereocenters. The van der Waals surface area contributed by atoms with E-state index in [9.17, 15) is 9.90 Å². The Balaban J connectivity index is 2.37. The van der Waals surface area contributed by atoms with Crippen LogP contribution < -0.4 is 10.6 Å². The minimum atomic E-state index is -0.935. The Bertz CT molecular complexity index is 262. The number of urea groups is 1. The lowest BCUT2D eigenvalue weighted by molar-refractivity contribution is -0.0244. The van der Waals surface area contributed by atoms with Gasteiger partial charge in [-0.3, -0.25) is 0 Å². The summed E-state index contributed by atoms with van der Waals surface area (Å²) in [7, 11) is 0. The Morgan fingerprint density at radius 3 is 2.62 bits per heavy atom. The van der Waals surface area contributed by atoms with Gasteiger partial charge in [0.15, 0.2) is 0 Å². The third-order valence-corrected chi connectivity index (χ3v) is 2.70. The Morgan fingerprint density at radius 2 is 2.19 bits per heavy atom. The van der Waals surface area contributed by atoms with Crippen LogP contribution in [0.5, 0.6) is 0 Å². The molecular weight excluding hydrogens is 208 g/mol. The molecule has 1 aliphatic rings. The van der Waals surface area contributed by atoms with Crippen molar-refractivity contribution in [3.8, 4) is 0 Å². The predicted molar refractivity (Wildman–Crippen MR) is 61.3 cm³/mol. The number of rotatable bonds is 2. The van der Waals surface area contributed by atoms with Crippen LogP contribution in [0.4, 0.5) is 4.79 Å². The van der Waals surface area contributed by atoms with Gasteiger partial charge in [-0.25, -0.2) is 4.79 Å². The largest absolute Gasteiger partial charge is 0.385 e. The zero-order valence-electron chi connectivity index (χ0n) is 10.5. The summed E-state index contributed by atoms with van der Waals surface area (Å²) in [6.45, 7) is 8.29. The van der Waals surface area contributed by atoms with E-state index in [1.54, 1.807) is 0 Å². The molecule has 2 amide bonds. The average Bonchev–Trinajstić information content (AvgIpc) is 2.42. The normalized spacial score (nSPS) is 30.2. The zero-order chi connectivity index (χ0) is 12.4. The monoisotopic (exact) mass is 230 g/mol. The SMILES string of the molecule is CC1OCCC1(O)CNC(=O)NC(C)(C)C. The summed E-state index contributed by atoms with van der Waals surface area (Å²) >= 11 is 0. The van der Waals surface area contributed by atoms with Gasteiger partial charge >= 0.3 is 6.03 Å². The molecule has 0 radical (unpaired) electrons. The number of amides is 2. The fourth-order valence-electron chi connectivity index (χ4n) is 1.62. The van der Waals surface area contributed by atoms with E-state index in [1.807, 2.05) is 27.7 Å². The smallest absolute Gasteiger partial charge is 0.315 e. The van der Waals surface area contributed by atoms with E-state index in [0.717, 1.165) is 0 Å². The molecule has 2 unspecified atom stereocenters. The van der Waals surface area contributed by atoms with Gasteiger partial charge in [0.25, 0.3) is 0 Å². The number of hydrogen-bond donors (Lipinski definition) is 3. The topological polar surface area (TPSA) is 70.6 Å². The van der Waals surface area contributed by atoms with Gasteiger partial charge < -0.3 is 20.5 Å². The van der Waals surface area contributed by atoms with Crippen LogP contribution in [0.15, 0.2) is 0 Å². The second-order valence-corrected chi connectivity index (χ2v) is 5.42. The van der Waals surface area contributed by atoms with Gasteiger partial charge in [-0.15, -0.1) is 0 Å². The summed E-state index contributed by atoms with van der Waals surface area (Å²) in [5.41, 5.74) is -1.21. The van der Waals surface area contributed by atoms with Crippen molar-refractivity contribution >= 4 is 6.03 Å². The summed E-state index contributed by atoms with van der Waals surface area (Å²) in [4.78, 5) is 11.5. The van der Waals surface area contributed by atoms with Crippen LogP contribution in [0.3, 0.4) is 0 Å². The summed E-state index contributed by atoms with van der Waals surface area (Å²) in [6.07, 6.45) is 0.326. The van der Waals surface area contributed by atoms with Gasteiger partial charge in [0, 0.05) is 18.6 Å². The molecule has 0 aromatic carbocycles. The molecule has 1 saturated heterocycles. The fraction of sp³-hybridized carbons (Fsp3) is 0.909. The second-order valence-electron chi connectivity index (χ2n) is 5.42. The van der Waals surface area contributed by atoms with E-state index in [1.165, 1.54) is 0 Å². The number of nitrogens with one attached hydrogen (secondary N) is 2. The third kappa shape index (κ3) is 3.64. The first-order chi connectivity index (χ1) is 7.23. The number of ether oxygens (including phenoxy) is 1. The van der Waals surface area contributed by atoms with E-state index in [-0.39, 0.29) is 24.2 Å². The zero-order valence-corrected chi connectivity index (χ0v) is 10.5. The first-order valence-corrected chi connectivity index (χ1v) is 5.63. The maximum atomic E-state index is 11.5. The molecular formula is C11H22N2O3. The second kappa shape index (κ2) is 4.59. The van der Waals surface area contributed by atoms with Crippen LogP contribution in [0.1, 0.15) is 34.1 Å². The van der Waals surface area contributed by atoms with Gasteiger partial charge in [-0.1, -0.05) is 0 Å². The van der Waals surface area contributed by atoms with E-state index in [0.29, 0.717) is 13.0 Å². The maximum Gasteiger partial charge on any atom is 0.315 e. The summed E-state index contributed by atoms with van der Waals surface area (Å²) in [5, 5.41) is 15.6. The standard InChI is InChI=1S/C11H22N2O3/c1-8-11(15,5-6-16-8)7-12-9(14)13-10(2,3)4/h8,15H,5-7H2,1-4H3,(H2,12,13,14). The van der Waals surface area contributed by atoms with Crippen LogP contribution >= 0.6 is 0 Å². The molecule has 0 aliphatic carbocycles. The van der Waals surface area contributed by atoms with Crippen LogP contribution in [0, 0.1) is 0 Å². The number of aliphatic hydroxyl groups is 1. The molecule has 1 rings (SSSR count). The van der Waals surface area contributed by atoms with Crippen molar-refractivity contribution in [3.05, 3.63) is 0 Å². The highest BCUT2D eigenvalue weighted by Gasteiger charge is 2.39. The van der Waals surface area contributed by atoms with E-state index < -0.39 is 5.60 Å². The van der Waals surface area contributed by atoms with Crippen LogP contribution in [-0.4, -0.2) is 41.5 Å². The van der Waals surface area contributed by atoms with Crippen molar-refractivity contribution in [1.82, 2.24) is 10.6 Å². The van der Waals surface area contributed by atoms with Crippen molar-refractivity contribution in [2.45, 2.75) is 51.4 Å². The molecule has 0 spiro atoms. The molecule has 0 saturated carbocycles. The van der Waals surface area contributed by atoms with Gasteiger partial charge in [0.1, 0.15) is 5.60 Å². The minimum absolute atomic E-state index is 0.218. The lowest BCUT2D eigenvalue weighted by Gasteiger charge is -2.27. The molecule has 3 N–H and O–H groups in total. The number of carbonyl (C=O) groups excluding carboxylic acids is 1. The van der Waals surface area contributed by atoms with Crippen molar-refractivity contribution in [2.24, 2.45) is 0 Å². The Morgan fingerprint density at radius 1 is 1.56 bits per heavy atom. The molecule has 0 aromatic heterocycles. The average molecular weight is 230 g/mol. The molecule has 94 valence electrons. The lowest BCUT2D eigenvalue weighted by Crippen LogP contribution is -2.53. The summed E-state index contributed by atoms with van der Waals surface area (Å²) < 4.78 is 5.28. The Labute approximate surface area is 96.6 Å². The molecule has 1 fully saturated rings. The van der Waals surface area contributed by atoms with Gasteiger partial charge in [0.2, 0.25) is 0 Å². The molecule has 5 nitrogen and oxygen atoms in total. The van der Waals surface area contributed by atoms with Gasteiger partial charge in [0.05, 0.1) is 12.6 Å². The van der Waals surface area contributed by atoms with Crippen molar-refractivity contribution in [3.63, 3.8) is 0 Å². The van der Waals surface area contributed by atoms with Crippen LogP contribution in [-0.2, 0) is 4.74 Å². The first kappa shape index (κ1) is 13.3. The Hall–Kier alpha value is -0.810. The van der Waals surface area contributed by atoms with Gasteiger partial charge in [-0.2, -0.15) is 0 Å². The Kier molecular flexibility index (Phi) is 3.80. The van der Waals surface area contributed by atoms with Crippen molar-refractivity contribution in [2.75, 3.05) is 13.2 Å². The molecule has 1 heterocycles. The quantitative estimate of drug-likeness (QED) is 0.651. The fourth-order valence-corrected chi connectivity index (χ4v) is 1.62. The van der Waals surface area contributed by atoms with Crippen molar-refractivity contribution in [1.29, 1.82) is 0 Å². The molecule has 1 aliphatic heterocycles. The highest BCUT2D eigenvalue weighted by Crippen LogP contribution is 2.24. The van der Waals surface area contributed by atoms with Crippen LogP contribution in [0.25, 0.3) is 0 Å². The van der Waals surface area contributed by atoms with E-state index in [4.69, 9.17) is 4.74 Å². The van der Waals surface area contributed by atoms with E-state index >= 15 is 0 Å². The number of carbonyl (C=O) groups is 1.